The number of nitrogens with two attached hydrogens (primary N) is 1. The maximum atomic E-state index is 12.6. The van der Waals surface area contributed by atoms with Gasteiger partial charge in [-0.05, 0) is 30.2 Å². The highest BCUT2D eigenvalue weighted by atomic mass is 19.4. The molecule has 1 heterocycles. The Kier molecular flexibility index (Phi) is 4.39. The molecule has 1 aromatic heterocycles. The molecule has 0 bridgehead atoms. The van der Waals surface area contributed by atoms with Gasteiger partial charge in [0.15, 0.2) is 0 Å². The van der Waals surface area contributed by atoms with E-state index in [0.29, 0.717) is 18.4 Å². The zero-order valence-corrected chi connectivity index (χ0v) is 10.8. The Morgan fingerprint density at radius 2 is 1.85 bits per heavy atom. The lowest BCUT2D eigenvalue weighted by atomic mass is 10.0. The molecule has 0 aliphatic rings. The van der Waals surface area contributed by atoms with Crippen LogP contribution in [0.2, 0.25) is 0 Å². The molecule has 0 saturated carbocycles. The summed E-state index contributed by atoms with van der Waals surface area (Å²) < 4.78 is 37.8. The molecule has 106 valence electrons. The first-order chi connectivity index (χ1) is 9.45. The number of nitrogens with zero attached hydrogens (tertiary/aromatic N) is 1. The fourth-order valence-electron chi connectivity index (χ4n) is 2.04. The summed E-state index contributed by atoms with van der Waals surface area (Å²) in [4.78, 5) is 4.16. The van der Waals surface area contributed by atoms with E-state index < -0.39 is 11.7 Å². The topological polar surface area (TPSA) is 38.9 Å². The highest BCUT2D eigenvalue weighted by molar-refractivity contribution is 5.26. The first-order valence-electron chi connectivity index (χ1n) is 6.27. The van der Waals surface area contributed by atoms with Gasteiger partial charge < -0.3 is 5.73 Å². The summed E-state index contributed by atoms with van der Waals surface area (Å²) in [5, 5.41) is 0. The molecule has 0 aliphatic heterocycles. The molecule has 2 nitrogen and oxygen atoms in total. The average Bonchev–Trinajstić information content (AvgIpc) is 2.39. The van der Waals surface area contributed by atoms with E-state index in [9.17, 15) is 13.2 Å². The van der Waals surface area contributed by atoms with Gasteiger partial charge in [-0.1, -0.05) is 24.3 Å². The van der Waals surface area contributed by atoms with Crippen molar-refractivity contribution < 1.29 is 13.2 Å². The van der Waals surface area contributed by atoms with Crippen LogP contribution in [0, 0.1) is 0 Å². The van der Waals surface area contributed by atoms with E-state index in [0.717, 1.165) is 17.8 Å². The standard InChI is InChI=1S/C15H15F3N2/c16-15(17,18)12-5-3-4-11(8-12)9-13(19)10-14-6-1-2-7-20-14/h1-8,13H,9-10,19H2. The summed E-state index contributed by atoms with van der Waals surface area (Å²) in [5.74, 6) is 0. The number of benzene rings is 1. The van der Waals surface area contributed by atoms with Gasteiger partial charge in [-0.25, -0.2) is 0 Å². The molecule has 0 radical (unpaired) electrons. The first kappa shape index (κ1) is 14.5. The van der Waals surface area contributed by atoms with Gasteiger partial charge in [0, 0.05) is 24.4 Å². The molecule has 2 N–H and O–H groups in total. The number of hydrogen-bond acceptors (Lipinski definition) is 2. The monoisotopic (exact) mass is 280 g/mol. The third kappa shape index (κ3) is 4.06. The van der Waals surface area contributed by atoms with E-state index in [-0.39, 0.29) is 6.04 Å². The van der Waals surface area contributed by atoms with Crippen LogP contribution in [0.3, 0.4) is 0 Å². The molecule has 1 unspecified atom stereocenters. The maximum Gasteiger partial charge on any atom is 0.416 e. The van der Waals surface area contributed by atoms with Crippen LogP contribution in [-0.4, -0.2) is 11.0 Å². The van der Waals surface area contributed by atoms with Gasteiger partial charge in [-0.15, -0.1) is 0 Å². The summed E-state index contributed by atoms with van der Waals surface area (Å²) in [6, 6.07) is 10.5. The van der Waals surface area contributed by atoms with Gasteiger partial charge in [0.2, 0.25) is 0 Å². The summed E-state index contributed by atoms with van der Waals surface area (Å²) in [7, 11) is 0. The molecular formula is C15H15F3N2. The van der Waals surface area contributed by atoms with Gasteiger partial charge in [-0.2, -0.15) is 13.2 Å². The van der Waals surface area contributed by atoms with Crippen LogP contribution in [0.4, 0.5) is 13.2 Å². The van der Waals surface area contributed by atoms with E-state index >= 15 is 0 Å². The second-order valence-electron chi connectivity index (χ2n) is 4.69. The summed E-state index contributed by atoms with van der Waals surface area (Å²) in [6.07, 6.45) is -1.72. The van der Waals surface area contributed by atoms with Crippen LogP contribution in [0.25, 0.3) is 0 Å². The molecule has 5 heteroatoms. The third-order valence-corrected chi connectivity index (χ3v) is 2.95. The van der Waals surface area contributed by atoms with Gasteiger partial charge in [-0.3, -0.25) is 4.98 Å². The first-order valence-corrected chi connectivity index (χ1v) is 6.27. The molecule has 2 aromatic rings. The quantitative estimate of drug-likeness (QED) is 0.934. The third-order valence-electron chi connectivity index (χ3n) is 2.95. The molecule has 2 rings (SSSR count). The predicted molar refractivity (Wildman–Crippen MR) is 71.1 cm³/mol. The zero-order valence-electron chi connectivity index (χ0n) is 10.8. The fraction of sp³-hybridized carbons (Fsp3) is 0.267. The Labute approximate surface area is 115 Å². The Hall–Kier alpha value is -1.88. The highest BCUT2D eigenvalue weighted by Gasteiger charge is 2.30. The minimum absolute atomic E-state index is 0.256. The van der Waals surface area contributed by atoms with Gasteiger partial charge in [0.1, 0.15) is 0 Å². The van der Waals surface area contributed by atoms with Crippen molar-refractivity contribution in [3.63, 3.8) is 0 Å². The van der Waals surface area contributed by atoms with Crippen molar-refractivity contribution in [3.05, 3.63) is 65.5 Å². The molecule has 20 heavy (non-hydrogen) atoms. The van der Waals surface area contributed by atoms with Crippen LogP contribution in [0.5, 0.6) is 0 Å². The lowest BCUT2D eigenvalue weighted by molar-refractivity contribution is -0.137. The molecule has 0 spiro atoms. The molecule has 0 saturated heterocycles. The lowest BCUT2D eigenvalue weighted by Gasteiger charge is -2.13. The van der Waals surface area contributed by atoms with Crippen molar-refractivity contribution in [3.8, 4) is 0 Å². The molecule has 0 amide bonds. The van der Waals surface area contributed by atoms with Gasteiger partial charge in [0.25, 0.3) is 0 Å². The van der Waals surface area contributed by atoms with Crippen molar-refractivity contribution in [2.45, 2.75) is 25.1 Å². The van der Waals surface area contributed by atoms with E-state index in [1.54, 1.807) is 12.3 Å². The molecule has 1 atom stereocenters. The minimum atomic E-state index is -4.32. The Morgan fingerprint density at radius 3 is 2.50 bits per heavy atom. The second kappa shape index (κ2) is 6.05. The zero-order chi connectivity index (χ0) is 14.6. The van der Waals surface area contributed by atoms with Crippen LogP contribution >= 0.6 is 0 Å². The van der Waals surface area contributed by atoms with Crippen molar-refractivity contribution in [1.82, 2.24) is 4.98 Å². The van der Waals surface area contributed by atoms with Crippen molar-refractivity contribution in [2.75, 3.05) is 0 Å². The Balaban J connectivity index is 2.03. The normalized spacial score (nSPS) is 13.2. The van der Waals surface area contributed by atoms with Crippen molar-refractivity contribution in [2.24, 2.45) is 5.73 Å². The Morgan fingerprint density at radius 1 is 1.05 bits per heavy atom. The minimum Gasteiger partial charge on any atom is -0.327 e. The Bertz CT molecular complexity index is 553. The number of alkyl halides is 3. The molecule has 1 aromatic carbocycles. The van der Waals surface area contributed by atoms with Crippen molar-refractivity contribution in [1.29, 1.82) is 0 Å². The predicted octanol–water partition coefficient (Wildman–Crippen LogP) is 3.21. The second-order valence-corrected chi connectivity index (χ2v) is 4.69. The number of halogens is 3. The molecule has 0 aliphatic carbocycles. The maximum absolute atomic E-state index is 12.6. The number of rotatable bonds is 4. The molecule has 0 fully saturated rings. The van der Waals surface area contributed by atoms with Crippen LogP contribution in [-0.2, 0) is 19.0 Å². The van der Waals surface area contributed by atoms with Gasteiger partial charge >= 0.3 is 6.18 Å². The van der Waals surface area contributed by atoms with E-state index in [1.807, 2.05) is 18.2 Å². The van der Waals surface area contributed by atoms with E-state index in [1.165, 1.54) is 6.07 Å². The number of pyridine rings is 1. The van der Waals surface area contributed by atoms with Gasteiger partial charge in [0.05, 0.1) is 5.56 Å². The van der Waals surface area contributed by atoms with E-state index in [2.05, 4.69) is 4.98 Å². The summed E-state index contributed by atoms with van der Waals surface area (Å²) in [5.41, 5.74) is 6.76. The van der Waals surface area contributed by atoms with E-state index in [4.69, 9.17) is 5.73 Å². The number of hydrogen-bond donors (Lipinski definition) is 1. The largest absolute Gasteiger partial charge is 0.416 e. The van der Waals surface area contributed by atoms with Crippen LogP contribution in [0.1, 0.15) is 16.8 Å². The summed E-state index contributed by atoms with van der Waals surface area (Å²) in [6.45, 7) is 0. The average molecular weight is 280 g/mol. The lowest BCUT2D eigenvalue weighted by Crippen LogP contribution is -2.26. The van der Waals surface area contributed by atoms with Crippen LogP contribution < -0.4 is 5.73 Å². The summed E-state index contributed by atoms with van der Waals surface area (Å²) >= 11 is 0. The smallest absolute Gasteiger partial charge is 0.327 e. The highest BCUT2D eigenvalue weighted by Crippen LogP contribution is 2.29. The van der Waals surface area contributed by atoms with Crippen molar-refractivity contribution >= 4 is 0 Å². The van der Waals surface area contributed by atoms with Crippen LogP contribution in [0.15, 0.2) is 48.7 Å². The SMILES string of the molecule is NC(Cc1cccc(C(F)(F)F)c1)Cc1ccccn1. The number of aromatic nitrogens is 1. The fourth-order valence-corrected chi connectivity index (χ4v) is 2.04. The molecular weight excluding hydrogens is 265 g/mol.